The van der Waals surface area contributed by atoms with Gasteiger partial charge in [-0.25, -0.2) is 9.97 Å². The second kappa shape index (κ2) is 6.93. The number of halogens is 3. The van der Waals surface area contributed by atoms with Gasteiger partial charge in [0.25, 0.3) is 0 Å². The number of rotatable bonds is 3. The van der Waals surface area contributed by atoms with Gasteiger partial charge in [-0.2, -0.15) is 0 Å². The van der Waals surface area contributed by atoms with Gasteiger partial charge in [-0.1, -0.05) is 48.7 Å². The summed E-state index contributed by atoms with van der Waals surface area (Å²) >= 11 is 12.1. The van der Waals surface area contributed by atoms with Crippen LogP contribution in [0.15, 0.2) is 30.3 Å². The van der Waals surface area contributed by atoms with Crippen molar-refractivity contribution in [3.05, 3.63) is 46.2 Å². The van der Waals surface area contributed by atoms with E-state index in [1.807, 2.05) is 24.3 Å². The largest absolute Gasteiger partial charge is 0.233 e. The van der Waals surface area contributed by atoms with E-state index in [1.54, 1.807) is 6.07 Å². The molecule has 1 heterocycles. The van der Waals surface area contributed by atoms with Crippen molar-refractivity contribution < 1.29 is 0 Å². The zero-order valence-corrected chi connectivity index (χ0v) is 12.2. The van der Waals surface area contributed by atoms with Gasteiger partial charge in [0.15, 0.2) is 5.82 Å². The summed E-state index contributed by atoms with van der Waals surface area (Å²) < 4.78 is 0. The molecule has 0 aliphatic heterocycles. The lowest BCUT2D eigenvalue weighted by Crippen LogP contribution is -1.96. The molecule has 1 aromatic carbocycles. The third-order valence-corrected chi connectivity index (χ3v) is 2.89. The van der Waals surface area contributed by atoms with Crippen molar-refractivity contribution in [2.45, 2.75) is 19.8 Å². The Hall–Kier alpha value is -0.830. The van der Waals surface area contributed by atoms with Gasteiger partial charge in [-0.05, 0) is 24.6 Å². The normalized spacial score (nSPS) is 9.94. The molecular weight excluding hydrogens is 291 g/mol. The molecule has 1 aromatic heterocycles. The quantitative estimate of drug-likeness (QED) is 0.759. The Morgan fingerprint density at radius 1 is 1.11 bits per heavy atom. The Morgan fingerprint density at radius 2 is 1.83 bits per heavy atom. The average molecular weight is 304 g/mol. The van der Waals surface area contributed by atoms with Crippen LogP contribution in [0.25, 0.3) is 11.4 Å². The van der Waals surface area contributed by atoms with Gasteiger partial charge in [0.05, 0.1) is 5.02 Å². The molecule has 2 aromatic rings. The highest BCUT2D eigenvalue weighted by molar-refractivity contribution is 6.33. The van der Waals surface area contributed by atoms with Crippen LogP contribution in [0.2, 0.25) is 10.2 Å². The number of nitrogens with zero attached hydrogens (tertiary/aromatic N) is 2. The van der Waals surface area contributed by atoms with Crippen LogP contribution in [0.3, 0.4) is 0 Å². The molecule has 18 heavy (non-hydrogen) atoms. The summed E-state index contributed by atoms with van der Waals surface area (Å²) in [6.45, 7) is 2.10. The Balaban J connectivity index is 0.00000162. The van der Waals surface area contributed by atoms with Gasteiger partial charge in [-0.15, -0.1) is 12.4 Å². The average Bonchev–Trinajstić information content (AvgIpc) is 2.29. The molecule has 0 radical (unpaired) electrons. The molecule has 0 bridgehead atoms. The van der Waals surface area contributed by atoms with Crippen LogP contribution in [0.4, 0.5) is 0 Å². The van der Waals surface area contributed by atoms with E-state index < -0.39 is 0 Å². The minimum absolute atomic E-state index is 0. The van der Waals surface area contributed by atoms with E-state index in [2.05, 4.69) is 16.9 Å². The van der Waals surface area contributed by atoms with Crippen molar-refractivity contribution in [2.75, 3.05) is 0 Å². The smallest absolute Gasteiger partial charge is 0.162 e. The lowest BCUT2D eigenvalue weighted by atomic mass is 10.2. The minimum atomic E-state index is 0. The SMILES string of the molecule is CCCc1cc(Cl)nc(-c2ccccc2Cl)n1.Cl. The van der Waals surface area contributed by atoms with E-state index in [1.165, 1.54) is 0 Å². The highest BCUT2D eigenvalue weighted by Crippen LogP contribution is 2.26. The zero-order chi connectivity index (χ0) is 12.3. The molecule has 96 valence electrons. The maximum absolute atomic E-state index is 6.12. The monoisotopic (exact) mass is 302 g/mol. The molecule has 0 saturated carbocycles. The zero-order valence-electron chi connectivity index (χ0n) is 9.86. The van der Waals surface area contributed by atoms with Crippen molar-refractivity contribution in [3.63, 3.8) is 0 Å². The van der Waals surface area contributed by atoms with Crippen LogP contribution in [0.1, 0.15) is 19.0 Å². The van der Waals surface area contributed by atoms with Crippen LogP contribution >= 0.6 is 35.6 Å². The van der Waals surface area contributed by atoms with E-state index in [0.29, 0.717) is 16.0 Å². The molecule has 2 rings (SSSR count). The van der Waals surface area contributed by atoms with E-state index in [4.69, 9.17) is 23.2 Å². The molecule has 2 nitrogen and oxygen atoms in total. The second-order valence-corrected chi connectivity index (χ2v) is 4.53. The minimum Gasteiger partial charge on any atom is -0.233 e. The Labute approximate surface area is 123 Å². The number of benzene rings is 1. The van der Waals surface area contributed by atoms with E-state index in [-0.39, 0.29) is 12.4 Å². The standard InChI is InChI=1S/C13H12Cl2N2.ClH/c1-2-5-9-8-12(15)17-13(16-9)10-6-3-4-7-11(10)14;/h3-4,6-8H,2,5H2,1H3;1H. The van der Waals surface area contributed by atoms with Crippen molar-refractivity contribution in [1.82, 2.24) is 9.97 Å². The van der Waals surface area contributed by atoms with Crippen molar-refractivity contribution in [1.29, 1.82) is 0 Å². The third kappa shape index (κ3) is 3.58. The van der Waals surface area contributed by atoms with Gasteiger partial charge in [0.2, 0.25) is 0 Å². The van der Waals surface area contributed by atoms with Crippen LogP contribution in [-0.2, 0) is 6.42 Å². The molecule has 0 spiro atoms. The first-order valence-electron chi connectivity index (χ1n) is 5.49. The molecule has 0 aliphatic carbocycles. The highest BCUT2D eigenvalue weighted by atomic mass is 35.5. The summed E-state index contributed by atoms with van der Waals surface area (Å²) in [5.74, 6) is 0.589. The maximum atomic E-state index is 6.12. The van der Waals surface area contributed by atoms with Gasteiger partial charge in [0.1, 0.15) is 5.15 Å². The molecule has 0 atom stereocenters. The van der Waals surface area contributed by atoms with Crippen molar-refractivity contribution in [2.24, 2.45) is 0 Å². The predicted molar refractivity (Wildman–Crippen MR) is 78.7 cm³/mol. The summed E-state index contributed by atoms with van der Waals surface area (Å²) in [6, 6.07) is 9.30. The molecule has 0 unspecified atom stereocenters. The summed E-state index contributed by atoms with van der Waals surface area (Å²) in [5.41, 5.74) is 1.76. The van der Waals surface area contributed by atoms with E-state index in [9.17, 15) is 0 Å². The van der Waals surface area contributed by atoms with Gasteiger partial charge in [-0.3, -0.25) is 0 Å². The molecule has 0 aliphatic rings. The second-order valence-electron chi connectivity index (χ2n) is 3.74. The van der Waals surface area contributed by atoms with E-state index >= 15 is 0 Å². The Kier molecular flexibility index (Phi) is 5.86. The number of hydrogen-bond acceptors (Lipinski definition) is 2. The van der Waals surface area contributed by atoms with Gasteiger partial charge in [0, 0.05) is 11.3 Å². The fourth-order valence-electron chi connectivity index (χ4n) is 1.61. The van der Waals surface area contributed by atoms with Crippen LogP contribution in [-0.4, -0.2) is 9.97 Å². The van der Waals surface area contributed by atoms with Crippen LogP contribution in [0, 0.1) is 0 Å². The predicted octanol–water partition coefficient (Wildman–Crippen LogP) is 4.82. The first-order chi connectivity index (χ1) is 8.20. The topological polar surface area (TPSA) is 25.8 Å². The maximum Gasteiger partial charge on any atom is 0.162 e. The fraction of sp³-hybridized carbons (Fsp3) is 0.231. The number of aromatic nitrogens is 2. The molecule has 0 N–H and O–H groups in total. The summed E-state index contributed by atoms with van der Waals surface area (Å²) in [6.07, 6.45) is 1.91. The van der Waals surface area contributed by atoms with Gasteiger partial charge < -0.3 is 0 Å². The van der Waals surface area contributed by atoms with Crippen molar-refractivity contribution in [3.8, 4) is 11.4 Å². The van der Waals surface area contributed by atoms with Crippen LogP contribution in [0.5, 0.6) is 0 Å². The Morgan fingerprint density at radius 3 is 2.50 bits per heavy atom. The first-order valence-corrected chi connectivity index (χ1v) is 6.24. The molecule has 0 amide bonds. The number of aryl methyl sites for hydroxylation is 1. The third-order valence-electron chi connectivity index (χ3n) is 2.37. The lowest BCUT2D eigenvalue weighted by molar-refractivity contribution is 0.875. The van der Waals surface area contributed by atoms with E-state index in [0.717, 1.165) is 24.1 Å². The highest BCUT2D eigenvalue weighted by Gasteiger charge is 2.08. The summed E-state index contributed by atoms with van der Waals surface area (Å²) in [7, 11) is 0. The summed E-state index contributed by atoms with van der Waals surface area (Å²) in [4.78, 5) is 8.69. The van der Waals surface area contributed by atoms with Gasteiger partial charge >= 0.3 is 0 Å². The van der Waals surface area contributed by atoms with Crippen molar-refractivity contribution >= 4 is 35.6 Å². The molecule has 0 fully saturated rings. The molecule has 5 heteroatoms. The van der Waals surface area contributed by atoms with Crippen LogP contribution < -0.4 is 0 Å². The molecular formula is C13H13Cl3N2. The Bertz CT molecular complexity index is 529. The lowest BCUT2D eigenvalue weighted by Gasteiger charge is -2.05. The summed E-state index contributed by atoms with van der Waals surface area (Å²) in [5, 5.41) is 1.09. The fourth-order valence-corrected chi connectivity index (χ4v) is 2.04. The number of hydrogen-bond donors (Lipinski definition) is 0. The first kappa shape index (κ1) is 15.2. The molecule has 0 saturated heterocycles.